The van der Waals surface area contributed by atoms with Crippen molar-refractivity contribution in [2.24, 2.45) is 11.7 Å². The van der Waals surface area contributed by atoms with Gasteiger partial charge in [-0.3, -0.25) is 4.79 Å². The lowest BCUT2D eigenvalue weighted by molar-refractivity contribution is -0.123. The molecular weight excluding hydrogens is 294 g/mol. The fraction of sp³-hybridized carbons (Fsp3) is 0.429. The van der Waals surface area contributed by atoms with Crippen molar-refractivity contribution in [3.05, 3.63) is 29.3 Å². The van der Waals surface area contributed by atoms with Crippen LogP contribution in [0.15, 0.2) is 24.3 Å². The van der Waals surface area contributed by atoms with Gasteiger partial charge in [0, 0.05) is 0 Å². The fourth-order valence-electron chi connectivity index (χ4n) is 1.79. The molecule has 0 fully saturated rings. The van der Waals surface area contributed by atoms with Gasteiger partial charge in [0.2, 0.25) is 5.91 Å². The topological polar surface area (TPSA) is 68.0 Å². The normalized spacial score (nSPS) is 13.6. The Labute approximate surface area is 129 Å². The minimum absolute atomic E-state index is 0. The molecule has 1 heterocycles. The summed E-state index contributed by atoms with van der Waals surface area (Å²) >= 11 is 1.60. The lowest BCUT2D eigenvalue weighted by atomic mass is 9.99. The van der Waals surface area contributed by atoms with E-state index < -0.39 is 6.04 Å². The van der Waals surface area contributed by atoms with Crippen molar-refractivity contribution in [2.75, 3.05) is 0 Å². The van der Waals surface area contributed by atoms with Crippen LogP contribution >= 0.6 is 23.7 Å². The van der Waals surface area contributed by atoms with Crippen molar-refractivity contribution in [2.45, 2.75) is 32.9 Å². The highest BCUT2D eigenvalue weighted by Gasteiger charge is 2.19. The number of carbonyl (C=O) groups is 1. The van der Waals surface area contributed by atoms with Crippen LogP contribution in [0.2, 0.25) is 0 Å². The molecule has 3 N–H and O–H groups in total. The molecule has 0 radical (unpaired) electrons. The van der Waals surface area contributed by atoms with Crippen LogP contribution in [0.4, 0.5) is 0 Å². The third kappa shape index (κ3) is 3.91. The maximum Gasteiger partial charge on any atom is 0.237 e. The molecule has 0 aliphatic rings. The zero-order valence-corrected chi connectivity index (χ0v) is 13.3. The van der Waals surface area contributed by atoms with Crippen LogP contribution in [-0.2, 0) is 11.3 Å². The number of nitrogens with zero attached hydrogens (tertiary/aromatic N) is 1. The summed E-state index contributed by atoms with van der Waals surface area (Å²) in [5, 5.41) is 3.77. The molecule has 20 heavy (non-hydrogen) atoms. The van der Waals surface area contributed by atoms with E-state index >= 15 is 0 Å². The van der Waals surface area contributed by atoms with Gasteiger partial charge in [-0.05, 0) is 18.1 Å². The Balaban J connectivity index is 0.00000200. The smallest absolute Gasteiger partial charge is 0.237 e. The van der Waals surface area contributed by atoms with E-state index in [2.05, 4.69) is 10.3 Å². The SMILES string of the molecule is CCC(C)C(N)C(=O)NCc1nc2ccccc2s1.Cl. The van der Waals surface area contributed by atoms with Gasteiger partial charge < -0.3 is 11.1 Å². The van der Waals surface area contributed by atoms with Gasteiger partial charge in [0.15, 0.2) is 0 Å². The van der Waals surface area contributed by atoms with Gasteiger partial charge in [-0.1, -0.05) is 32.4 Å². The lowest BCUT2D eigenvalue weighted by Gasteiger charge is -2.17. The second-order valence-corrected chi connectivity index (χ2v) is 5.82. The number of hydrogen-bond acceptors (Lipinski definition) is 4. The quantitative estimate of drug-likeness (QED) is 0.891. The molecule has 2 atom stereocenters. The number of aromatic nitrogens is 1. The second-order valence-electron chi connectivity index (χ2n) is 4.70. The van der Waals surface area contributed by atoms with Crippen LogP contribution in [0.3, 0.4) is 0 Å². The molecular formula is C14H20ClN3OS. The Bertz CT molecular complexity index is 539. The molecule has 1 aromatic heterocycles. The first-order chi connectivity index (χ1) is 9.11. The molecule has 2 aromatic rings. The number of halogens is 1. The average Bonchev–Trinajstić information content (AvgIpc) is 2.85. The largest absolute Gasteiger partial charge is 0.348 e. The number of amides is 1. The Morgan fingerprint density at radius 1 is 1.45 bits per heavy atom. The van der Waals surface area contributed by atoms with Gasteiger partial charge in [-0.25, -0.2) is 4.98 Å². The minimum atomic E-state index is -0.445. The molecule has 0 aliphatic heterocycles. The predicted octanol–water partition coefficient (Wildman–Crippen LogP) is 2.71. The number of thiazole rings is 1. The van der Waals surface area contributed by atoms with E-state index in [1.54, 1.807) is 11.3 Å². The van der Waals surface area contributed by atoms with E-state index in [-0.39, 0.29) is 24.2 Å². The summed E-state index contributed by atoms with van der Waals surface area (Å²) < 4.78 is 1.14. The molecule has 6 heteroatoms. The Morgan fingerprint density at radius 3 is 2.80 bits per heavy atom. The molecule has 0 bridgehead atoms. The first-order valence-corrected chi connectivity index (χ1v) is 7.31. The third-order valence-electron chi connectivity index (χ3n) is 3.31. The van der Waals surface area contributed by atoms with Gasteiger partial charge in [-0.15, -0.1) is 23.7 Å². The maximum atomic E-state index is 11.9. The van der Waals surface area contributed by atoms with Crippen molar-refractivity contribution in [1.29, 1.82) is 0 Å². The van der Waals surface area contributed by atoms with Gasteiger partial charge >= 0.3 is 0 Å². The molecule has 1 amide bonds. The van der Waals surface area contributed by atoms with Crippen molar-refractivity contribution in [3.8, 4) is 0 Å². The molecule has 4 nitrogen and oxygen atoms in total. The van der Waals surface area contributed by atoms with Crippen molar-refractivity contribution in [3.63, 3.8) is 0 Å². The molecule has 1 aromatic carbocycles. The van der Waals surface area contributed by atoms with Crippen LogP contribution in [0.1, 0.15) is 25.3 Å². The van der Waals surface area contributed by atoms with Gasteiger partial charge in [0.25, 0.3) is 0 Å². The van der Waals surface area contributed by atoms with E-state index in [0.29, 0.717) is 6.54 Å². The average molecular weight is 314 g/mol. The summed E-state index contributed by atoms with van der Waals surface area (Å²) in [4.78, 5) is 16.3. The van der Waals surface area contributed by atoms with E-state index in [0.717, 1.165) is 21.6 Å². The van der Waals surface area contributed by atoms with Crippen molar-refractivity contribution >= 4 is 39.9 Å². The Hall–Kier alpha value is -1.17. The number of hydrogen-bond donors (Lipinski definition) is 2. The molecule has 2 rings (SSSR count). The highest BCUT2D eigenvalue weighted by Crippen LogP contribution is 2.21. The summed E-state index contributed by atoms with van der Waals surface area (Å²) in [6.07, 6.45) is 0.899. The van der Waals surface area contributed by atoms with Gasteiger partial charge in [0.05, 0.1) is 22.8 Å². The fourth-order valence-corrected chi connectivity index (χ4v) is 2.70. The highest BCUT2D eigenvalue weighted by molar-refractivity contribution is 7.18. The lowest BCUT2D eigenvalue weighted by Crippen LogP contribution is -2.44. The summed E-state index contributed by atoms with van der Waals surface area (Å²) in [6, 6.07) is 7.51. The number of para-hydroxylation sites is 1. The molecule has 0 saturated carbocycles. The number of carbonyl (C=O) groups excluding carboxylic acids is 1. The highest BCUT2D eigenvalue weighted by atomic mass is 35.5. The Morgan fingerprint density at radius 2 is 2.15 bits per heavy atom. The monoisotopic (exact) mass is 313 g/mol. The Kier molecular flexibility index (Phi) is 6.39. The van der Waals surface area contributed by atoms with Crippen LogP contribution in [0, 0.1) is 5.92 Å². The summed E-state index contributed by atoms with van der Waals surface area (Å²) in [6.45, 7) is 4.47. The van der Waals surface area contributed by atoms with Crippen molar-refractivity contribution in [1.82, 2.24) is 10.3 Å². The number of rotatable bonds is 5. The van der Waals surface area contributed by atoms with Crippen LogP contribution < -0.4 is 11.1 Å². The van der Waals surface area contributed by atoms with E-state index in [1.165, 1.54) is 0 Å². The number of fused-ring (bicyclic) bond motifs is 1. The molecule has 110 valence electrons. The maximum absolute atomic E-state index is 11.9. The zero-order valence-electron chi connectivity index (χ0n) is 11.6. The summed E-state index contributed by atoms with van der Waals surface area (Å²) in [5.41, 5.74) is 6.86. The number of benzene rings is 1. The number of nitrogens with one attached hydrogen (secondary N) is 1. The first kappa shape index (κ1) is 16.9. The summed E-state index contributed by atoms with van der Waals surface area (Å²) in [5.74, 6) is 0.0870. The first-order valence-electron chi connectivity index (χ1n) is 6.49. The van der Waals surface area contributed by atoms with Crippen LogP contribution in [0.25, 0.3) is 10.2 Å². The standard InChI is InChI=1S/C14H19N3OS.ClH/c1-3-9(2)13(15)14(18)16-8-12-17-10-6-4-5-7-11(10)19-12;/h4-7,9,13H,3,8,15H2,1-2H3,(H,16,18);1H. The zero-order chi connectivity index (χ0) is 13.8. The number of nitrogens with two attached hydrogens (primary N) is 1. The van der Waals surface area contributed by atoms with Gasteiger partial charge in [0.1, 0.15) is 5.01 Å². The van der Waals surface area contributed by atoms with Crippen LogP contribution in [-0.4, -0.2) is 16.9 Å². The molecule has 2 unspecified atom stereocenters. The predicted molar refractivity (Wildman–Crippen MR) is 86.1 cm³/mol. The molecule has 0 spiro atoms. The van der Waals surface area contributed by atoms with E-state index in [4.69, 9.17) is 5.73 Å². The molecule has 0 aliphatic carbocycles. The van der Waals surface area contributed by atoms with E-state index in [9.17, 15) is 4.79 Å². The van der Waals surface area contributed by atoms with Crippen LogP contribution in [0.5, 0.6) is 0 Å². The second kappa shape index (κ2) is 7.57. The minimum Gasteiger partial charge on any atom is -0.348 e. The van der Waals surface area contributed by atoms with E-state index in [1.807, 2.05) is 38.1 Å². The summed E-state index contributed by atoms with van der Waals surface area (Å²) in [7, 11) is 0. The third-order valence-corrected chi connectivity index (χ3v) is 4.35. The van der Waals surface area contributed by atoms with Crippen molar-refractivity contribution < 1.29 is 4.79 Å². The molecule has 0 saturated heterocycles. The van der Waals surface area contributed by atoms with Gasteiger partial charge in [-0.2, -0.15) is 0 Å².